The van der Waals surface area contributed by atoms with E-state index >= 15 is 0 Å². The molecule has 0 fully saturated rings. The fourth-order valence-electron chi connectivity index (χ4n) is 12.9. The molecule has 0 radical (unpaired) electrons. The third kappa shape index (κ3) is 4.18. The van der Waals surface area contributed by atoms with E-state index in [1.54, 1.807) is 0 Å². The van der Waals surface area contributed by atoms with E-state index in [1.807, 2.05) is 0 Å². The molecule has 4 heterocycles. The Morgan fingerprint density at radius 1 is 0.246 bits per heavy atom. The first-order chi connectivity index (χ1) is 32.3. The predicted molar refractivity (Wildman–Crippen MR) is 268 cm³/mol. The zero-order valence-electron chi connectivity index (χ0n) is 35.4. The second kappa shape index (κ2) is 12.6. The van der Waals surface area contributed by atoms with Crippen LogP contribution in [-0.2, 0) is 10.8 Å². The molecule has 302 valence electrons. The van der Waals surface area contributed by atoms with Gasteiger partial charge in [0.15, 0.2) is 0 Å². The maximum Gasteiger partial charge on any atom is 0.0748 e. The van der Waals surface area contributed by atoms with Gasteiger partial charge in [-0.1, -0.05) is 176 Å². The molecule has 2 aliphatic heterocycles. The molecule has 0 saturated carbocycles. The van der Waals surface area contributed by atoms with E-state index in [9.17, 15) is 0 Å². The molecule has 2 aromatic heterocycles. The van der Waals surface area contributed by atoms with Crippen LogP contribution in [0, 0.1) is 0 Å². The fraction of sp³-hybridized carbons (Fsp3) is 0.0323. The number of fused-ring (bicyclic) bond motifs is 20. The second-order valence-electron chi connectivity index (χ2n) is 17.9. The van der Waals surface area contributed by atoms with Crippen molar-refractivity contribution in [2.75, 3.05) is 9.80 Å². The minimum absolute atomic E-state index is 0.616. The highest BCUT2D eigenvalue weighted by Crippen LogP contribution is 2.68. The largest absolute Gasteiger partial charge is 0.310 e. The van der Waals surface area contributed by atoms with Gasteiger partial charge in [0.25, 0.3) is 0 Å². The van der Waals surface area contributed by atoms with E-state index < -0.39 is 10.8 Å². The van der Waals surface area contributed by atoms with Crippen molar-refractivity contribution in [3.05, 3.63) is 281 Å². The van der Waals surface area contributed by atoms with Crippen molar-refractivity contribution in [2.24, 2.45) is 0 Å². The van der Waals surface area contributed by atoms with Crippen LogP contribution in [0.2, 0.25) is 0 Å². The van der Waals surface area contributed by atoms with Crippen LogP contribution in [0.15, 0.2) is 237 Å². The molecule has 10 aromatic carbocycles. The Balaban J connectivity index is 1.05. The lowest BCUT2D eigenvalue weighted by Crippen LogP contribution is -2.49. The van der Waals surface area contributed by atoms with Crippen LogP contribution >= 0.6 is 0 Å². The monoisotopic (exact) mass is 825 g/mol. The van der Waals surface area contributed by atoms with Crippen LogP contribution in [0.5, 0.6) is 0 Å². The second-order valence-corrected chi connectivity index (χ2v) is 17.9. The molecule has 3 aliphatic rings. The summed E-state index contributed by atoms with van der Waals surface area (Å²) < 4.78 is 2.47. The number of para-hydroxylation sites is 7. The molecule has 15 rings (SSSR count). The Hall–Kier alpha value is -8.40. The van der Waals surface area contributed by atoms with E-state index in [0.717, 1.165) is 11.4 Å². The van der Waals surface area contributed by atoms with E-state index in [2.05, 4.69) is 251 Å². The van der Waals surface area contributed by atoms with Gasteiger partial charge in [0.05, 0.1) is 50.1 Å². The van der Waals surface area contributed by atoms with Gasteiger partial charge in [0.2, 0.25) is 0 Å². The third-order valence-electron chi connectivity index (χ3n) is 15.1. The zero-order chi connectivity index (χ0) is 42.4. The van der Waals surface area contributed by atoms with E-state index in [-0.39, 0.29) is 0 Å². The van der Waals surface area contributed by atoms with E-state index in [1.165, 1.54) is 105 Å². The quantitative estimate of drug-likeness (QED) is 0.172. The van der Waals surface area contributed by atoms with Gasteiger partial charge >= 0.3 is 0 Å². The lowest BCUT2D eigenvalue weighted by molar-refractivity contribution is 0.607. The average molecular weight is 826 g/mol. The first-order valence-electron chi connectivity index (χ1n) is 22.7. The molecule has 0 atom stereocenters. The molecule has 0 saturated heterocycles. The molecule has 12 aromatic rings. The fourth-order valence-corrected chi connectivity index (χ4v) is 12.9. The van der Waals surface area contributed by atoms with Crippen LogP contribution in [0.3, 0.4) is 0 Å². The Morgan fingerprint density at radius 2 is 0.554 bits per heavy atom. The van der Waals surface area contributed by atoms with Crippen LogP contribution in [0.4, 0.5) is 34.1 Å². The molecular weight excluding hydrogens is 787 g/mol. The molecule has 1 aliphatic carbocycles. The van der Waals surface area contributed by atoms with Gasteiger partial charge < -0.3 is 14.2 Å². The van der Waals surface area contributed by atoms with Crippen molar-refractivity contribution in [1.29, 1.82) is 0 Å². The summed E-state index contributed by atoms with van der Waals surface area (Å²) in [5, 5.41) is 5.09. The number of anilines is 6. The van der Waals surface area contributed by atoms with E-state index in [4.69, 9.17) is 0 Å². The van der Waals surface area contributed by atoms with Crippen molar-refractivity contribution in [3.8, 4) is 0 Å². The van der Waals surface area contributed by atoms with Gasteiger partial charge in [-0.2, -0.15) is 0 Å². The molecule has 2 spiro atoms. The molecule has 0 N–H and O–H groups in total. The van der Waals surface area contributed by atoms with Gasteiger partial charge in [-0.3, -0.25) is 0 Å². The zero-order valence-corrected chi connectivity index (χ0v) is 35.4. The van der Waals surface area contributed by atoms with Gasteiger partial charge in [-0.05, 0) is 105 Å². The third-order valence-corrected chi connectivity index (χ3v) is 15.1. The first kappa shape index (κ1) is 35.1. The van der Waals surface area contributed by atoms with Crippen LogP contribution in [0.1, 0.15) is 44.5 Å². The summed E-state index contributed by atoms with van der Waals surface area (Å²) in [7, 11) is 0. The number of aromatic nitrogens is 1. The Kier molecular flexibility index (Phi) is 6.82. The standard InChI is InChI=1S/C62H39N3/c1-2-20-40(21-3-1)63-56-34-16-10-28-50(56)61(51-29-11-17-35-57(51)63)46-24-6-8-26-48(46)62(49-27-9-7-25-47(49)61)52-30-12-18-36-58(52)64(59-37-19-13-31-53(59)62)41-38-44-42-22-4-14-32-54(42)65-55-33-15-5-23-43(55)45(39-41)60(44)65/h1-39H. The number of rotatable bonds is 2. The normalized spacial score (nSPS) is 15.0. The van der Waals surface area contributed by atoms with Crippen molar-refractivity contribution < 1.29 is 0 Å². The SMILES string of the molecule is c1ccc(N2c3ccccc3C3(c4ccccc42)c2ccccc2C2(c4ccccc4N(c4cc5c6ccccc6n6c7ccccc7c(c4)c56)c4ccccc42)c2ccccc23)cc1. The lowest BCUT2D eigenvalue weighted by atomic mass is 9.49. The summed E-state index contributed by atoms with van der Waals surface area (Å²) in [5.41, 5.74) is 19.9. The summed E-state index contributed by atoms with van der Waals surface area (Å²) in [4.78, 5) is 5.02. The number of hydrogen-bond acceptors (Lipinski definition) is 2. The van der Waals surface area contributed by atoms with Crippen LogP contribution in [-0.4, -0.2) is 4.40 Å². The van der Waals surface area contributed by atoms with Gasteiger partial charge in [-0.15, -0.1) is 0 Å². The maximum absolute atomic E-state index is 2.55. The van der Waals surface area contributed by atoms with Crippen molar-refractivity contribution >= 4 is 72.2 Å². The highest BCUT2D eigenvalue weighted by Gasteiger charge is 2.58. The number of benzene rings is 10. The van der Waals surface area contributed by atoms with Crippen molar-refractivity contribution in [2.45, 2.75) is 10.8 Å². The topological polar surface area (TPSA) is 10.9 Å². The van der Waals surface area contributed by atoms with Gasteiger partial charge in [0.1, 0.15) is 0 Å². The number of nitrogens with zero attached hydrogens (tertiary/aromatic N) is 3. The summed E-state index contributed by atoms with van der Waals surface area (Å²) in [6.45, 7) is 0. The van der Waals surface area contributed by atoms with Crippen molar-refractivity contribution in [3.63, 3.8) is 0 Å². The molecule has 3 nitrogen and oxygen atoms in total. The first-order valence-corrected chi connectivity index (χ1v) is 22.7. The molecule has 0 unspecified atom stereocenters. The number of hydrogen-bond donors (Lipinski definition) is 0. The maximum atomic E-state index is 2.55. The highest BCUT2D eigenvalue weighted by atomic mass is 15.2. The predicted octanol–water partition coefficient (Wildman–Crippen LogP) is 15.5. The molecule has 0 bridgehead atoms. The van der Waals surface area contributed by atoms with Crippen molar-refractivity contribution in [1.82, 2.24) is 4.40 Å². The minimum Gasteiger partial charge on any atom is -0.310 e. The molecule has 3 heteroatoms. The summed E-state index contributed by atoms with van der Waals surface area (Å²) >= 11 is 0. The smallest absolute Gasteiger partial charge is 0.0748 e. The van der Waals surface area contributed by atoms with Crippen LogP contribution < -0.4 is 9.80 Å². The Morgan fingerprint density at radius 3 is 0.954 bits per heavy atom. The summed E-state index contributed by atoms with van der Waals surface area (Å²) in [5.74, 6) is 0. The Labute approximate surface area is 376 Å². The van der Waals surface area contributed by atoms with Gasteiger partial charge in [0, 0.05) is 32.9 Å². The molecule has 0 amide bonds. The Bertz CT molecular complexity index is 3700. The highest BCUT2D eigenvalue weighted by molar-refractivity contribution is 6.24. The van der Waals surface area contributed by atoms with Gasteiger partial charge in [-0.25, -0.2) is 0 Å². The minimum atomic E-state index is -0.647. The van der Waals surface area contributed by atoms with Crippen LogP contribution in [0.25, 0.3) is 38.1 Å². The average Bonchev–Trinajstić information content (AvgIpc) is 3.89. The molecule has 65 heavy (non-hydrogen) atoms. The summed E-state index contributed by atoms with van der Waals surface area (Å²) in [6, 6.07) is 89.0. The van der Waals surface area contributed by atoms with E-state index in [0.29, 0.717) is 0 Å². The lowest BCUT2D eigenvalue weighted by Gasteiger charge is -2.56. The summed E-state index contributed by atoms with van der Waals surface area (Å²) in [6.07, 6.45) is 0. The molecular formula is C62H39N3.